The van der Waals surface area contributed by atoms with Crippen LogP contribution in [0.5, 0.6) is 0 Å². The molecule has 0 aliphatic rings. The van der Waals surface area contributed by atoms with E-state index in [1.165, 1.54) is 24.8 Å². The van der Waals surface area contributed by atoms with Gasteiger partial charge in [-0.1, -0.05) is 39.0 Å². The van der Waals surface area contributed by atoms with Crippen molar-refractivity contribution in [2.24, 2.45) is 0 Å². The molecule has 0 radical (unpaired) electrons. The Hall–Kier alpha value is -1.06. The molecule has 1 unspecified atom stereocenters. The van der Waals surface area contributed by atoms with Crippen molar-refractivity contribution in [3.05, 3.63) is 0 Å². The predicted molar refractivity (Wildman–Crippen MR) is 58.6 cm³/mol. The highest BCUT2D eigenvalue weighted by Gasteiger charge is 2.20. The Kier molecular flexibility index (Phi) is 7.68. The van der Waals surface area contributed by atoms with E-state index in [2.05, 4.69) is 6.92 Å². The van der Waals surface area contributed by atoms with Crippen LogP contribution in [0.4, 0.5) is 0 Å². The highest BCUT2D eigenvalue weighted by atomic mass is 16.4. The van der Waals surface area contributed by atoms with Crippen LogP contribution in [0.15, 0.2) is 0 Å². The van der Waals surface area contributed by atoms with Gasteiger partial charge in [-0.05, 0) is 6.42 Å². The molecule has 0 rings (SSSR count). The Morgan fingerprint density at radius 3 is 2.40 bits per heavy atom. The van der Waals surface area contributed by atoms with E-state index in [1.807, 2.05) is 0 Å². The zero-order valence-electron chi connectivity index (χ0n) is 9.61. The van der Waals surface area contributed by atoms with Crippen molar-refractivity contribution >= 4 is 12.4 Å². The van der Waals surface area contributed by atoms with Gasteiger partial charge >= 0.3 is 5.97 Å². The zero-order valence-corrected chi connectivity index (χ0v) is 9.61. The van der Waals surface area contributed by atoms with Crippen LogP contribution in [0.25, 0.3) is 0 Å². The maximum Gasteiger partial charge on any atom is 0.326 e. The van der Waals surface area contributed by atoms with Gasteiger partial charge in [0, 0.05) is 7.05 Å². The molecule has 0 fully saturated rings. The summed E-state index contributed by atoms with van der Waals surface area (Å²) in [4.78, 5) is 22.5. The molecule has 4 nitrogen and oxygen atoms in total. The molecule has 0 heterocycles. The Labute approximate surface area is 91.3 Å². The van der Waals surface area contributed by atoms with Crippen molar-refractivity contribution in [3.8, 4) is 0 Å². The van der Waals surface area contributed by atoms with Crippen molar-refractivity contribution in [2.45, 2.75) is 51.5 Å². The van der Waals surface area contributed by atoms with E-state index in [9.17, 15) is 9.59 Å². The number of aliphatic carboxylic acids is 1. The first-order chi connectivity index (χ1) is 7.13. The molecule has 1 amide bonds. The van der Waals surface area contributed by atoms with E-state index in [-0.39, 0.29) is 0 Å². The molecule has 0 aliphatic heterocycles. The number of carbonyl (C=O) groups excluding carboxylic acids is 1. The third-order valence-electron chi connectivity index (χ3n) is 2.52. The third kappa shape index (κ3) is 6.10. The molecular formula is C11H21NO3. The second-order valence-corrected chi connectivity index (χ2v) is 3.83. The molecule has 15 heavy (non-hydrogen) atoms. The van der Waals surface area contributed by atoms with E-state index < -0.39 is 12.0 Å². The van der Waals surface area contributed by atoms with Crippen LogP contribution in [-0.4, -0.2) is 35.5 Å². The molecule has 1 atom stereocenters. The molecule has 88 valence electrons. The van der Waals surface area contributed by atoms with Crippen LogP contribution in [0.3, 0.4) is 0 Å². The second-order valence-electron chi connectivity index (χ2n) is 3.83. The Morgan fingerprint density at radius 2 is 1.93 bits per heavy atom. The normalized spacial score (nSPS) is 12.1. The fourth-order valence-corrected chi connectivity index (χ4v) is 1.52. The van der Waals surface area contributed by atoms with Crippen LogP contribution in [-0.2, 0) is 9.59 Å². The molecule has 0 aromatic rings. The Morgan fingerprint density at radius 1 is 1.33 bits per heavy atom. The summed E-state index contributed by atoms with van der Waals surface area (Å²) in [5.41, 5.74) is 0. The molecule has 0 aromatic carbocycles. The molecule has 1 N–H and O–H groups in total. The maximum absolute atomic E-state index is 10.8. The van der Waals surface area contributed by atoms with Gasteiger partial charge in [0.25, 0.3) is 0 Å². The number of amides is 1. The number of carboxylic acid groups (broad SMARTS) is 1. The van der Waals surface area contributed by atoms with Crippen molar-refractivity contribution in [1.82, 2.24) is 4.90 Å². The number of hydrogen-bond acceptors (Lipinski definition) is 2. The first-order valence-corrected chi connectivity index (χ1v) is 5.53. The minimum Gasteiger partial charge on any atom is -0.480 e. The van der Waals surface area contributed by atoms with Crippen LogP contribution in [0, 0.1) is 0 Å². The maximum atomic E-state index is 10.8. The number of hydrogen-bond donors (Lipinski definition) is 1. The van der Waals surface area contributed by atoms with Gasteiger partial charge in [0.15, 0.2) is 0 Å². The summed E-state index contributed by atoms with van der Waals surface area (Å²) >= 11 is 0. The molecule has 0 bridgehead atoms. The molecule has 0 aliphatic carbocycles. The van der Waals surface area contributed by atoms with E-state index in [0.717, 1.165) is 19.3 Å². The summed E-state index contributed by atoms with van der Waals surface area (Å²) in [5.74, 6) is -0.917. The first-order valence-electron chi connectivity index (χ1n) is 5.53. The summed E-state index contributed by atoms with van der Waals surface area (Å²) in [6.07, 6.45) is 6.56. The lowest BCUT2D eigenvalue weighted by atomic mass is 10.1. The average Bonchev–Trinajstić information content (AvgIpc) is 2.22. The van der Waals surface area contributed by atoms with E-state index in [0.29, 0.717) is 12.8 Å². The fourth-order valence-electron chi connectivity index (χ4n) is 1.52. The number of unbranched alkanes of at least 4 members (excludes halogenated alkanes) is 4. The predicted octanol–water partition coefficient (Wildman–Crippen LogP) is 1.89. The quantitative estimate of drug-likeness (QED) is 0.472. The molecule has 0 saturated carbocycles. The molecule has 4 heteroatoms. The van der Waals surface area contributed by atoms with Gasteiger partial charge < -0.3 is 10.0 Å². The van der Waals surface area contributed by atoms with Gasteiger partial charge in [0.05, 0.1) is 0 Å². The molecule has 0 saturated heterocycles. The molecular weight excluding hydrogens is 194 g/mol. The van der Waals surface area contributed by atoms with Gasteiger partial charge in [-0.15, -0.1) is 0 Å². The van der Waals surface area contributed by atoms with Crippen molar-refractivity contribution < 1.29 is 14.7 Å². The van der Waals surface area contributed by atoms with Gasteiger partial charge in [-0.25, -0.2) is 4.79 Å². The van der Waals surface area contributed by atoms with Crippen LogP contribution in [0.1, 0.15) is 45.4 Å². The standard InChI is InChI=1S/C11H21NO3/c1-3-4-5-6-7-8-10(11(14)15)12(2)9-13/h9-10H,3-8H2,1-2H3,(H,14,15). The monoisotopic (exact) mass is 215 g/mol. The first kappa shape index (κ1) is 13.9. The largest absolute Gasteiger partial charge is 0.480 e. The minimum absolute atomic E-state index is 0.550. The van der Waals surface area contributed by atoms with Gasteiger partial charge in [0.2, 0.25) is 6.41 Å². The van der Waals surface area contributed by atoms with Gasteiger partial charge in [0.1, 0.15) is 6.04 Å². The van der Waals surface area contributed by atoms with Gasteiger partial charge in [-0.2, -0.15) is 0 Å². The van der Waals surface area contributed by atoms with Crippen LogP contribution in [0.2, 0.25) is 0 Å². The highest BCUT2D eigenvalue weighted by Crippen LogP contribution is 2.10. The summed E-state index contributed by atoms with van der Waals surface area (Å²) in [6, 6.07) is -0.663. The van der Waals surface area contributed by atoms with E-state index in [4.69, 9.17) is 5.11 Å². The lowest BCUT2D eigenvalue weighted by molar-refractivity contribution is -0.145. The third-order valence-corrected chi connectivity index (χ3v) is 2.52. The lowest BCUT2D eigenvalue weighted by Crippen LogP contribution is -2.37. The number of likely N-dealkylation sites (N-methyl/N-ethyl adjacent to an activating group) is 1. The fraction of sp³-hybridized carbons (Fsp3) is 0.818. The van der Waals surface area contributed by atoms with Crippen LogP contribution >= 0.6 is 0 Å². The Bertz CT molecular complexity index is 194. The average molecular weight is 215 g/mol. The summed E-state index contributed by atoms with van der Waals surface area (Å²) < 4.78 is 0. The number of rotatable bonds is 9. The van der Waals surface area contributed by atoms with E-state index >= 15 is 0 Å². The van der Waals surface area contributed by atoms with Gasteiger partial charge in [-0.3, -0.25) is 4.79 Å². The SMILES string of the molecule is CCCCCCCC(C(=O)O)N(C)C=O. The smallest absolute Gasteiger partial charge is 0.326 e. The summed E-state index contributed by atoms with van der Waals surface area (Å²) in [5, 5.41) is 8.88. The number of nitrogens with zero attached hydrogens (tertiary/aromatic N) is 1. The van der Waals surface area contributed by atoms with Crippen molar-refractivity contribution in [2.75, 3.05) is 7.05 Å². The Balaban J connectivity index is 3.77. The highest BCUT2D eigenvalue weighted by molar-refractivity contribution is 5.76. The minimum atomic E-state index is -0.917. The zero-order chi connectivity index (χ0) is 11.7. The lowest BCUT2D eigenvalue weighted by Gasteiger charge is -2.20. The topological polar surface area (TPSA) is 57.6 Å². The summed E-state index contributed by atoms with van der Waals surface area (Å²) in [6.45, 7) is 2.14. The summed E-state index contributed by atoms with van der Waals surface area (Å²) in [7, 11) is 1.51. The van der Waals surface area contributed by atoms with E-state index in [1.54, 1.807) is 0 Å². The molecule has 0 spiro atoms. The van der Waals surface area contributed by atoms with Crippen molar-refractivity contribution in [1.29, 1.82) is 0 Å². The number of carboxylic acids is 1. The van der Waals surface area contributed by atoms with Crippen LogP contribution < -0.4 is 0 Å². The number of carbonyl (C=O) groups is 2. The molecule has 0 aromatic heterocycles. The second kappa shape index (κ2) is 8.26. The van der Waals surface area contributed by atoms with Crippen molar-refractivity contribution in [3.63, 3.8) is 0 Å².